The fourth-order valence-corrected chi connectivity index (χ4v) is 2.09. The van der Waals surface area contributed by atoms with Gasteiger partial charge < -0.3 is 14.6 Å². The molecule has 1 fully saturated rings. The monoisotopic (exact) mass is 224 g/mol. The Morgan fingerprint density at radius 3 is 2.88 bits per heavy atom. The van der Waals surface area contributed by atoms with Crippen LogP contribution in [0.25, 0.3) is 0 Å². The molecule has 2 atom stereocenters. The smallest absolute Gasteiger partial charge is 0.139 e. The topological polar surface area (TPSA) is 52.0 Å². The van der Waals surface area contributed by atoms with Gasteiger partial charge in [-0.1, -0.05) is 6.92 Å². The second-order valence-electron chi connectivity index (χ2n) is 4.37. The van der Waals surface area contributed by atoms with Gasteiger partial charge in [0.05, 0.1) is 19.1 Å². The molecule has 0 aliphatic carbocycles. The van der Waals surface area contributed by atoms with Crippen molar-refractivity contribution in [3.63, 3.8) is 0 Å². The van der Waals surface area contributed by atoms with Crippen LogP contribution in [-0.4, -0.2) is 40.6 Å². The predicted molar refractivity (Wildman–Crippen MR) is 61.4 cm³/mol. The summed E-state index contributed by atoms with van der Waals surface area (Å²) < 4.78 is 7.60. The van der Waals surface area contributed by atoms with Crippen LogP contribution in [0.3, 0.4) is 0 Å². The molecule has 0 aromatic carbocycles. The van der Waals surface area contributed by atoms with Crippen LogP contribution in [0.1, 0.15) is 30.9 Å². The van der Waals surface area contributed by atoms with E-state index < -0.39 is 0 Å². The first-order valence-corrected chi connectivity index (χ1v) is 5.91. The van der Waals surface area contributed by atoms with Gasteiger partial charge in [0.1, 0.15) is 11.6 Å². The van der Waals surface area contributed by atoms with Crippen LogP contribution in [0, 0.1) is 6.92 Å². The van der Waals surface area contributed by atoms with E-state index in [-0.39, 0.29) is 0 Å². The predicted octanol–water partition coefficient (Wildman–Crippen LogP) is 0.606. The van der Waals surface area contributed by atoms with Gasteiger partial charge in [-0.15, -0.1) is 10.2 Å². The van der Waals surface area contributed by atoms with Crippen molar-refractivity contribution in [3.05, 3.63) is 11.6 Å². The zero-order valence-electron chi connectivity index (χ0n) is 10.2. The molecule has 0 spiro atoms. The third kappa shape index (κ3) is 2.10. The van der Waals surface area contributed by atoms with Crippen LogP contribution in [-0.2, 0) is 11.8 Å². The maximum absolute atomic E-state index is 5.54. The SMILES string of the molecule is CCCNC1COCC1c1nnc(C)n1C. The molecule has 90 valence electrons. The molecule has 16 heavy (non-hydrogen) atoms. The Kier molecular flexibility index (Phi) is 3.56. The highest BCUT2D eigenvalue weighted by Gasteiger charge is 2.32. The fourth-order valence-electron chi connectivity index (χ4n) is 2.09. The molecule has 0 bridgehead atoms. The first kappa shape index (κ1) is 11.5. The Hall–Kier alpha value is -0.940. The third-order valence-corrected chi connectivity index (χ3v) is 3.19. The minimum atomic E-state index is 0.331. The van der Waals surface area contributed by atoms with E-state index in [1.807, 2.05) is 14.0 Å². The van der Waals surface area contributed by atoms with Crippen molar-refractivity contribution in [1.29, 1.82) is 0 Å². The molecule has 0 amide bonds. The third-order valence-electron chi connectivity index (χ3n) is 3.19. The van der Waals surface area contributed by atoms with Gasteiger partial charge in [-0.3, -0.25) is 0 Å². The minimum Gasteiger partial charge on any atom is -0.379 e. The van der Waals surface area contributed by atoms with Gasteiger partial charge in [-0.05, 0) is 19.9 Å². The van der Waals surface area contributed by atoms with E-state index >= 15 is 0 Å². The minimum absolute atomic E-state index is 0.331. The molecule has 1 aromatic rings. The van der Waals surface area contributed by atoms with Gasteiger partial charge in [-0.2, -0.15) is 0 Å². The summed E-state index contributed by atoms with van der Waals surface area (Å²) in [5.41, 5.74) is 0. The van der Waals surface area contributed by atoms with E-state index in [9.17, 15) is 0 Å². The van der Waals surface area contributed by atoms with Crippen LogP contribution < -0.4 is 5.32 Å². The van der Waals surface area contributed by atoms with Crippen molar-refractivity contribution in [2.75, 3.05) is 19.8 Å². The molecular formula is C11H20N4O. The summed E-state index contributed by atoms with van der Waals surface area (Å²) in [4.78, 5) is 0. The van der Waals surface area contributed by atoms with Crippen molar-refractivity contribution >= 4 is 0 Å². The average molecular weight is 224 g/mol. The highest BCUT2D eigenvalue weighted by molar-refractivity contribution is 5.07. The number of hydrogen-bond acceptors (Lipinski definition) is 4. The van der Waals surface area contributed by atoms with Crippen LogP contribution >= 0.6 is 0 Å². The summed E-state index contributed by atoms with van der Waals surface area (Å²) in [6.45, 7) is 6.69. The molecule has 2 heterocycles. The van der Waals surface area contributed by atoms with Crippen molar-refractivity contribution in [1.82, 2.24) is 20.1 Å². The number of nitrogens with one attached hydrogen (secondary N) is 1. The Morgan fingerprint density at radius 2 is 2.25 bits per heavy atom. The van der Waals surface area contributed by atoms with Crippen molar-refractivity contribution < 1.29 is 4.74 Å². The number of rotatable bonds is 4. The normalized spacial score (nSPS) is 25.2. The summed E-state index contributed by atoms with van der Waals surface area (Å²) in [5, 5.41) is 11.9. The summed E-state index contributed by atoms with van der Waals surface area (Å²) in [6.07, 6.45) is 1.14. The van der Waals surface area contributed by atoms with Crippen molar-refractivity contribution in [2.45, 2.75) is 32.2 Å². The largest absolute Gasteiger partial charge is 0.379 e. The molecule has 1 aliphatic heterocycles. The molecule has 0 saturated carbocycles. The molecule has 5 nitrogen and oxygen atoms in total. The average Bonchev–Trinajstić information content (AvgIpc) is 2.85. The molecule has 1 aromatic heterocycles. The van der Waals surface area contributed by atoms with Crippen LogP contribution in [0.2, 0.25) is 0 Å². The Balaban J connectivity index is 2.10. The molecular weight excluding hydrogens is 204 g/mol. The maximum atomic E-state index is 5.54. The quantitative estimate of drug-likeness (QED) is 0.814. The second kappa shape index (κ2) is 4.93. The Bertz CT molecular complexity index is 350. The zero-order valence-corrected chi connectivity index (χ0v) is 10.2. The molecule has 0 radical (unpaired) electrons. The van der Waals surface area contributed by atoms with E-state index in [2.05, 4.69) is 27.0 Å². The van der Waals surface area contributed by atoms with Crippen molar-refractivity contribution in [3.8, 4) is 0 Å². The molecule has 2 unspecified atom stereocenters. The summed E-state index contributed by atoms with van der Waals surface area (Å²) >= 11 is 0. The lowest BCUT2D eigenvalue weighted by molar-refractivity contribution is 0.187. The second-order valence-corrected chi connectivity index (χ2v) is 4.37. The molecule has 2 rings (SSSR count). The van der Waals surface area contributed by atoms with Crippen LogP contribution in [0.4, 0.5) is 0 Å². The molecule has 1 N–H and O–H groups in total. The summed E-state index contributed by atoms with van der Waals surface area (Å²) in [7, 11) is 2.01. The summed E-state index contributed by atoms with van der Waals surface area (Å²) in [5.74, 6) is 2.32. The van der Waals surface area contributed by atoms with E-state index in [0.717, 1.165) is 37.8 Å². The number of hydrogen-bond donors (Lipinski definition) is 1. The van der Waals surface area contributed by atoms with E-state index in [1.54, 1.807) is 0 Å². The number of aromatic nitrogens is 3. The number of ether oxygens (including phenoxy) is 1. The number of aryl methyl sites for hydroxylation is 1. The van der Waals surface area contributed by atoms with Gasteiger partial charge >= 0.3 is 0 Å². The van der Waals surface area contributed by atoms with E-state index in [0.29, 0.717) is 12.0 Å². The first-order valence-electron chi connectivity index (χ1n) is 5.91. The Labute approximate surface area is 96.2 Å². The molecule has 1 aliphatic rings. The highest BCUT2D eigenvalue weighted by atomic mass is 16.5. The standard InChI is InChI=1S/C11H20N4O/c1-4-5-12-10-7-16-6-9(10)11-14-13-8(2)15(11)3/h9-10,12H,4-7H2,1-3H3. The van der Waals surface area contributed by atoms with Gasteiger partial charge in [0.15, 0.2) is 0 Å². The van der Waals surface area contributed by atoms with E-state index in [4.69, 9.17) is 4.74 Å². The lowest BCUT2D eigenvalue weighted by atomic mass is 10.0. The van der Waals surface area contributed by atoms with Gasteiger partial charge in [-0.25, -0.2) is 0 Å². The van der Waals surface area contributed by atoms with Crippen molar-refractivity contribution in [2.24, 2.45) is 7.05 Å². The first-order chi connectivity index (χ1) is 7.74. The molecule has 5 heteroatoms. The fraction of sp³-hybridized carbons (Fsp3) is 0.818. The number of nitrogens with zero attached hydrogens (tertiary/aromatic N) is 3. The molecule has 1 saturated heterocycles. The van der Waals surface area contributed by atoms with Gasteiger partial charge in [0, 0.05) is 13.1 Å². The van der Waals surface area contributed by atoms with Crippen LogP contribution in [0.15, 0.2) is 0 Å². The van der Waals surface area contributed by atoms with E-state index in [1.165, 1.54) is 0 Å². The highest BCUT2D eigenvalue weighted by Crippen LogP contribution is 2.24. The lowest BCUT2D eigenvalue weighted by Crippen LogP contribution is -2.35. The summed E-state index contributed by atoms with van der Waals surface area (Å²) in [6, 6.07) is 0.377. The van der Waals surface area contributed by atoms with Gasteiger partial charge in [0.2, 0.25) is 0 Å². The van der Waals surface area contributed by atoms with Crippen LogP contribution in [0.5, 0.6) is 0 Å². The lowest BCUT2D eigenvalue weighted by Gasteiger charge is -2.17. The van der Waals surface area contributed by atoms with Gasteiger partial charge in [0.25, 0.3) is 0 Å². The zero-order chi connectivity index (χ0) is 11.5. The maximum Gasteiger partial charge on any atom is 0.139 e. The Morgan fingerprint density at radius 1 is 1.44 bits per heavy atom.